The van der Waals surface area contributed by atoms with E-state index in [2.05, 4.69) is 10.9 Å². The van der Waals surface area contributed by atoms with Gasteiger partial charge in [-0.25, -0.2) is 3.97 Å². The van der Waals surface area contributed by atoms with Crippen LogP contribution in [0.2, 0.25) is 0 Å². The van der Waals surface area contributed by atoms with Crippen LogP contribution in [0.3, 0.4) is 0 Å². The Labute approximate surface area is 70.2 Å². The van der Waals surface area contributed by atoms with E-state index in [1.54, 1.807) is 0 Å². The normalized spacial score (nSPS) is 10.8. The summed E-state index contributed by atoms with van der Waals surface area (Å²) in [5.74, 6) is 0.990. The molecule has 0 aromatic rings. The molecular weight excluding hydrogens is 191 g/mol. The van der Waals surface area contributed by atoms with Crippen molar-refractivity contribution >= 4 is 30.5 Å². The Morgan fingerprint density at radius 2 is 2.20 bits per heavy atom. The molecule has 0 spiro atoms. The minimum atomic E-state index is -2.18. The monoisotopic (exact) mass is 202 g/mol. The fourth-order valence-corrected chi connectivity index (χ4v) is 2.59. The minimum Gasteiger partial charge on any atom is -0.327 e. The van der Waals surface area contributed by atoms with Gasteiger partial charge in [-0.1, -0.05) is 24.1 Å². The second-order valence-electron chi connectivity index (χ2n) is 1.57. The van der Waals surface area contributed by atoms with Gasteiger partial charge in [-0.05, 0) is 6.42 Å². The van der Waals surface area contributed by atoms with Crippen LogP contribution < -0.4 is 0 Å². The predicted molar refractivity (Wildman–Crippen MR) is 47.4 cm³/mol. The molecule has 0 aliphatic rings. The second kappa shape index (κ2) is 8.11. The van der Waals surface area contributed by atoms with Gasteiger partial charge in [0.05, 0.1) is 11.1 Å². The molecular formula is C4H11O3PS2. The maximum Gasteiger partial charge on any atom is 0.340 e. The summed E-state index contributed by atoms with van der Waals surface area (Å²) in [6.07, 6.45) is 2.29. The molecule has 0 fully saturated rings. The highest BCUT2D eigenvalue weighted by atomic mass is 33.1. The van der Waals surface area contributed by atoms with E-state index >= 15 is 0 Å². The molecule has 0 rings (SSSR count). The number of rotatable bonds is 6. The van der Waals surface area contributed by atoms with Crippen molar-refractivity contribution in [3.05, 3.63) is 0 Å². The number of hydrogen-bond acceptors (Lipinski definition) is 5. The lowest BCUT2D eigenvalue weighted by Gasteiger charge is -1.99. The van der Waals surface area contributed by atoms with E-state index in [4.69, 9.17) is 9.79 Å². The topological polar surface area (TPSA) is 49.7 Å². The van der Waals surface area contributed by atoms with Crippen molar-refractivity contribution < 1.29 is 13.8 Å². The molecule has 0 saturated carbocycles. The lowest BCUT2D eigenvalue weighted by atomic mass is 10.4. The molecule has 0 saturated heterocycles. The van der Waals surface area contributed by atoms with Gasteiger partial charge in [-0.3, -0.25) is 0 Å². The molecule has 0 aliphatic heterocycles. The standard InChI is InChI=1S/C4H11O3PS2/c1-2-3-4-9-10-7-8(5)6/h5-6H,2-4H2,1H3. The highest BCUT2D eigenvalue weighted by Gasteiger charge is 1.98. The van der Waals surface area contributed by atoms with Gasteiger partial charge in [0.2, 0.25) is 0 Å². The maximum absolute atomic E-state index is 8.27. The molecule has 0 amide bonds. The van der Waals surface area contributed by atoms with E-state index in [-0.39, 0.29) is 0 Å². The van der Waals surface area contributed by atoms with E-state index in [1.807, 2.05) is 0 Å². The van der Waals surface area contributed by atoms with Crippen LogP contribution in [0.15, 0.2) is 0 Å². The van der Waals surface area contributed by atoms with Crippen LogP contribution in [0, 0.1) is 0 Å². The van der Waals surface area contributed by atoms with Crippen LogP contribution >= 0.6 is 30.5 Å². The number of unbranched alkanes of at least 4 members (excludes halogenated alkanes) is 1. The van der Waals surface area contributed by atoms with Gasteiger partial charge >= 0.3 is 8.60 Å². The summed E-state index contributed by atoms with van der Waals surface area (Å²) in [5.41, 5.74) is 0. The third kappa shape index (κ3) is 9.01. The smallest absolute Gasteiger partial charge is 0.327 e. The van der Waals surface area contributed by atoms with Crippen LogP contribution in [0.4, 0.5) is 0 Å². The SMILES string of the molecule is CCCCSSOP(O)O. The minimum absolute atomic E-state index is 0.990. The van der Waals surface area contributed by atoms with Crippen molar-refractivity contribution in [1.29, 1.82) is 0 Å². The first-order chi connectivity index (χ1) is 4.77. The quantitative estimate of drug-likeness (QED) is 0.299. The molecule has 0 bridgehead atoms. The first-order valence-corrected chi connectivity index (χ1v) is 6.32. The molecule has 2 N–H and O–H groups in total. The molecule has 0 aromatic carbocycles. The molecule has 3 nitrogen and oxygen atoms in total. The van der Waals surface area contributed by atoms with Crippen molar-refractivity contribution in [2.45, 2.75) is 19.8 Å². The highest BCUT2D eigenvalue weighted by Crippen LogP contribution is 2.37. The largest absolute Gasteiger partial charge is 0.340 e. The van der Waals surface area contributed by atoms with Crippen molar-refractivity contribution in [2.75, 3.05) is 5.75 Å². The van der Waals surface area contributed by atoms with Gasteiger partial charge in [-0.2, -0.15) is 0 Å². The van der Waals surface area contributed by atoms with Crippen LogP contribution in [-0.4, -0.2) is 15.5 Å². The van der Waals surface area contributed by atoms with Crippen LogP contribution in [0.5, 0.6) is 0 Å². The zero-order valence-electron chi connectivity index (χ0n) is 5.69. The molecule has 6 heteroatoms. The van der Waals surface area contributed by atoms with E-state index in [1.165, 1.54) is 10.8 Å². The van der Waals surface area contributed by atoms with Crippen LogP contribution in [0.25, 0.3) is 0 Å². The van der Waals surface area contributed by atoms with Gasteiger partial charge in [0.25, 0.3) is 0 Å². The van der Waals surface area contributed by atoms with Crippen molar-refractivity contribution in [3.63, 3.8) is 0 Å². The molecule has 62 valence electrons. The molecule has 0 heterocycles. The molecule has 0 radical (unpaired) electrons. The van der Waals surface area contributed by atoms with E-state index in [9.17, 15) is 0 Å². The van der Waals surface area contributed by atoms with Gasteiger partial charge in [0.15, 0.2) is 0 Å². The fourth-order valence-electron chi connectivity index (χ4n) is 0.286. The van der Waals surface area contributed by atoms with Crippen molar-refractivity contribution in [3.8, 4) is 0 Å². The fraction of sp³-hybridized carbons (Fsp3) is 1.00. The first-order valence-electron chi connectivity index (χ1n) is 2.91. The van der Waals surface area contributed by atoms with Crippen molar-refractivity contribution in [2.24, 2.45) is 0 Å². The summed E-state index contributed by atoms with van der Waals surface area (Å²) in [6, 6.07) is 0. The molecule has 0 aromatic heterocycles. The second-order valence-corrected chi connectivity index (χ2v) is 4.57. The molecule has 0 aliphatic carbocycles. The summed E-state index contributed by atoms with van der Waals surface area (Å²) < 4.78 is 4.44. The van der Waals surface area contributed by atoms with E-state index < -0.39 is 8.60 Å². The van der Waals surface area contributed by atoms with Crippen molar-refractivity contribution in [1.82, 2.24) is 0 Å². The van der Waals surface area contributed by atoms with Gasteiger partial charge in [0.1, 0.15) is 0 Å². The van der Waals surface area contributed by atoms with Crippen LogP contribution in [-0.2, 0) is 3.97 Å². The molecule has 0 unspecified atom stereocenters. The van der Waals surface area contributed by atoms with Gasteiger partial charge in [-0.15, -0.1) is 0 Å². The zero-order chi connectivity index (χ0) is 7.82. The third-order valence-corrected chi connectivity index (χ3v) is 3.39. The third-order valence-electron chi connectivity index (χ3n) is 0.726. The summed E-state index contributed by atoms with van der Waals surface area (Å²) in [6.45, 7) is 2.11. The number of hydrogen-bond donors (Lipinski definition) is 2. The summed E-state index contributed by atoms with van der Waals surface area (Å²) in [5, 5.41) is 0. The Kier molecular flexibility index (Phi) is 8.93. The maximum atomic E-state index is 8.27. The average Bonchev–Trinajstić information content (AvgIpc) is 1.87. The molecule has 10 heavy (non-hydrogen) atoms. The Morgan fingerprint density at radius 1 is 1.50 bits per heavy atom. The average molecular weight is 202 g/mol. The summed E-state index contributed by atoms with van der Waals surface area (Å²) in [4.78, 5) is 16.5. The highest BCUT2D eigenvalue weighted by molar-refractivity contribution is 8.75. The van der Waals surface area contributed by atoms with Gasteiger partial charge in [0, 0.05) is 5.75 Å². The van der Waals surface area contributed by atoms with E-state index in [0.717, 1.165) is 29.7 Å². The summed E-state index contributed by atoms with van der Waals surface area (Å²) in [7, 11) is -0.682. The van der Waals surface area contributed by atoms with Crippen LogP contribution in [0.1, 0.15) is 19.8 Å². The predicted octanol–water partition coefficient (Wildman–Crippen LogP) is 2.31. The molecule has 0 atom stereocenters. The Morgan fingerprint density at radius 3 is 2.70 bits per heavy atom. The summed E-state index contributed by atoms with van der Waals surface area (Å²) >= 11 is 1.05. The Balaban J connectivity index is 2.77. The first kappa shape index (κ1) is 11.0. The Bertz CT molecular complexity index is 73.5. The Hall–Kier alpha value is 1.01. The lowest BCUT2D eigenvalue weighted by Crippen LogP contribution is -1.73. The van der Waals surface area contributed by atoms with E-state index in [0.29, 0.717) is 0 Å². The van der Waals surface area contributed by atoms with Gasteiger partial charge < -0.3 is 9.79 Å². The lowest BCUT2D eigenvalue weighted by molar-refractivity contribution is 0.399. The zero-order valence-corrected chi connectivity index (χ0v) is 8.22.